The number of hydrogen-bond acceptors (Lipinski definition) is 5. The predicted octanol–water partition coefficient (Wildman–Crippen LogP) is 1.74. The van der Waals surface area contributed by atoms with Crippen LogP contribution in [0, 0.1) is 0 Å². The SMILES string of the molecule is CCOC(=O)CCCCNC(=O)c1cc(OC)ccc1N. The van der Waals surface area contributed by atoms with E-state index < -0.39 is 0 Å². The molecule has 0 aliphatic carbocycles. The van der Waals surface area contributed by atoms with Gasteiger partial charge in [-0.15, -0.1) is 0 Å². The van der Waals surface area contributed by atoms with E-state index in [1.165, 1.54) is 7.11 Å². The molecule has 0 aromatic heterocycles. The second-order valence-electron chi connectivity index (χ2n) is 4.47. The third-order valence-corrected chi connectivity index (χ3v) is 2.90. The van der Waals surface area contributed by atoms with Gasteiger partial charge in [0.15, 0.2) is 0 Å². The minimum absolute atomic E-state index is 0.208. The van der Waals surface area contributed by atoms with Gasteiger partial charge in [0.25, 0.3) is 5.91 Å². The van der Waals surface area contributed by atoms with E-state index in [-0.39, 0.29) is 11.9 Å². The molecule has 6 nitrogen and oxygen atoms in total. The second-order valence-corrected chi connectivity index (χ2v) is 4.47. The fraction of sp³-hybridized carbons (Fsp3) is 0.467. The summed E-state index contributed by atoms with van der Waals surface area (Å²) >= 11 is 0. The molecule has 0 aliphatic heterocycles. The van der Waals surface area contributed by atoms with Crippen LogP contribution in [0.5, 0.6) is 5.75 Å². The smallest absolute Gasteiger partial charge is 0.305 e. The molecule has 0 spiro atoms. The molecule has 1 amide bonds. The highest BCUT2D eigenvalue weighted by Gasteiger charge is 2.10. The highest BCUT2D eigenvalue weighted by atomic mass is 16.5. The summed E-state index contributed by atoms with van der Waals surface area (Å²) in [6.45, 7) is 2.65. The fourth-order valence-corrected chi connectivity index (χ4v) is 1.78. The van der Waals surface area contributed by atoms with E-state index in [4.69, 9.17) is 15.2 Å². The molecule has 0 saturated heterocycles. The molecule has 21 heavy (non-hydrogen) atoms. The van der Waals surface area contributed by atoms with Gasteiger partial charge in [0.1, 0.15) is 5.75 Å². The van der Waals surface area contributed by atoms with Crippen molar-refractivity contribution in [2.45, 2.75) is 26.2 Å². The lowest BCUT2D eigenvalue weighted by molar-refractivity contribution is -0.143. The van der Waals surface area contributed by atoms with Crippen molar-refractivity contribution in [3.8, 4) is 5.75 Å². The van der Waals surface area contributed by atoms with Gasteiger partial charge in [-0.3, -0.25) is 9.59 Å². The standard InChI is InChI=1S/C15H22N2O4/c1-3-21-14(18)6-4-5-9-17-15(19)12-10-11(20-2)7-8-13(12)16/h7-8,10H,3-6,9,16H2,1-2H3,(H,17,19). The van der Waals surface area contributed by atoms with Gasteiger partial charge in [0.2, 0.25) is 0 Å². The predicted molar refractivity (Wildman–Crippen MR) is 80.2 cm³/mol. The topological polar surface area (TPSA) is 90.6 Å². The minimum atomic E-state index is -0.248. The van der Waals surface area contributed by atoms with Crippen LogP contribution in [0.4, 0.5) is 5.69 Å². The van der Waals surface area contributed by atoms with E-state index >= 15 is 0 Å². The van der Waals surface area contributed by atoms with E-state index in [9.17, 15) is 9.59 Å². The van der Waals surface area contributed by atoms with Gasteiger partial charge in [0, 0.05) is 18.7 Å². The Morgan fingerprint density at radius 1 is 1.29 bits per heavy atom. The zero-order chi connectivity index (χ0) is 15.7. The number of ether oxygens (including phenoxy) is 2. The Morgan fingerprint density at radius 3 is 2.71 bits per heavy atom. The summed E-state index contributed by atoms with van der Waals surface area (Å²) in [5, 5.41) is 2.77. The highest BCUT2D eigenvalue weighted by Crippen LogP contribution is 2.19. The molecular formula is C15H22N2O4. The minimum Gasteiger partial charge on any atom is -0.497 e. The number of unbranched alkanes of at least 4 members (excludes halogenated alkanes) is 1. The summed E-state index contributed by atoms with van der Waals surface area (Å²) in [6, 6.07) is 4.93. The van der Waals surface area contributed by atoms with Crippen LogP contribution < -0.4 is 15.8 Å². The van der Waals surface area contributed by atoms with Crippen LogP contribution in [-0.2, 0) is 9.53 Å². The maximum Gasteiger partial charge on any atom is 0.305 e. The molecule has 6 heteroatoms. The summed E-state index contributed by atoms with van der Waals surface area (Å²) in [5.74, 6) is 0.125. The van der Waals surface area contributed by atoms with Crippen LogP contribution in [-0.4, -0.2) is 32.1 Å². The first-order valence-electron chi connectivity index (χ1n) is 6.95. The number of anilines is 1. The van der Waals surface area contributed by atoms with Gasteiger partial charge < -0.3 is 20.5 Å². The summed E-state index contributed by atoms with van der Waals surface area (Å²) in [5.41, 5.74) is 6.56. The van der Waals surface area contributed by atoms with Crippen LogP contribution in [0.1, 0.15) is 36.5 Å². The first-order chi connectivity index (χ1) is 10.1. The van der Waals surface area contributed by atoms with Crippen LogP contribution >= 0.6 is 0 Å². The van der Waals surface area contributed by atoms with Gasteiger partial charge in [-0.05, 0) is 38.0 Å². The highest BCUT2D eigenvalue weighted by molar-refractivity contribution is 5.99. The maximum absolute atomic E-state index is 12.0. The molecule has 0 unspecified atom stereocenters. The zero-order valence-electron chi connectivity index (χ0n) is 12.5. The summed E-state index contributed by atoms with van der Waals surface area (Å²) in [4.78, 5) is 23.1. The van der Waals surface area contributed by atoms with Crippen LogP contribution in [0.3, 0.4) is 0 Å². The molecule has 0 bridgehead atoms. The molecular weight excluding hydrogens is 272 g/mol. The summed E-state index contributed by atoms with van der Waals surface area (Å²) in [6.07, 6.45) is 1.74. The quantitative estimate of drug-likeness (QED) is 0.433. The normalized spacial score (nSPS) is 10.0. The molecule has 1 aromatic carbocycles. The third-order valence-electron chi connectivity index (χ3n) is 2.90. The molecule has 1 rings (SSSR count). The van der Waals surface area contributed by atoms with E-state index in [0.29, 0.717) is 49.4 Å². The van der Waals surface area contributed by atoms with E-state index in [2.05, 4.69) is 5.32 Å². The number of nitrogen functional groups attached to an aromatic ring is 1. The number of esters is 1. The number of rotatable bonds is 8. The van der Waals surface area contributed by atoms with Crippen molar-refractivity contribution >= 4 is 17.6 Å². The first-order valence-corrected chi connectivity index (χ1v) is 6.95. The lowest BCUT2D eigenvalue weighted by Crippen LogP contribution is -2.25. The number of nitrogens with one attached hydrogen (secondary N) is 1. The monoisotopic (exact) mass is 294 g/mol. The lowest BCUT2D eigenvalue weighted by Gasteiger charge is -2.09. The molecule has 0 heterocycles. The summed E-state index contributed by atoms with van der Waals surface area (Å²) in [7, 11) is 1.53. The Balaban J connectivity index is 2.36. The van der Waals surface area contributed by atoms with Crippen molar-refractivity contribution in [2.24, 2.45) is 0 Å². The van der Waals surface area contributed by atoms with E-state index in [1.54, 1.807) is 25.1 Å². The summed E-state index contributed by atoms with van der Waals surface area (Å²) < 4.78 is 9.89. The van der Waals surface area contributed by atoms with Crippen molar-refractivity contribution in [3.05, 3.63) is 23.8 Å². The van der Waals surface area contributed by atoms with Crippen molar-refractivity contribution in [3.63, 3.8) is 0 Å². The van der Waals surface area contributed by atoms with E-state index in [0.717, 1.165) is 0 Å². The fourth-order valence-electron chi connectivity index (χ4n) is 1.78. The Morgan fingerprint density at radius 2 is 2.05 bits per heavy atom. The van der Waals surface area contributed by atoms with Crippen LogP contribution in [0.2, 0.25) is 0 Å². The number of carbonyl (C=O) groups excluding carboxylic acids is 2. The van der Waals surface area contributed by atoms with Gasteiger partial charge >= 0.3 is 5.97 Å². The zero-order valence-corrected chi connectivity index (χ0v) is 12.5. The van der Waals surface area contributed by atoms with Gasteiger partial charge in [-0.2, -0.15) is 0 Å². The lowest BCUT2D eigenvalue weighted by atomic mass is 10.1. The average Bonchev–Trinajstić information content (AvgIpc) is 2.47. The molecule has 0 aliphatic rings. The number of hydrogen-bond donors (Lipinski definition) is 2. The van der Waals surface area contributed by atoms with Crippen molar-refractivity contribution in [1.29, 1.82) is 0 Å². The molecule has 116 valence electrons. The van der Waals surface area contributed by atoms with Gasteiger partial charge in [-0.25, -0.2) is 0 Å². The second kappa shape index (κ2) is 8.84. The van der Waals surface area contributed by atoms with E-state index in [1.807, 2.05) is 0 Å². The molecule has 0 atom stereocenters. The largest absolute Gasteiger partial charge is 0.497 e. The van der Waals surface area contributed by atoms with Crippen LogP contribution in [0.15, 0.2) is 18.2 Å². The van der Waals surface area contributed by atoms with Crippen molar-refractivity contribution in [2.75, 3.05) is 26.0 Å². The van der Waals surface area contributed by atoms with Crippen molar-refractivity contribution in [1.82, 2.24) is 5.32 Å². The number of amides is 1. The molecule has 1 aromatic rings. The Hall–Kier alpha value is -2.24. The molecule has 3 N–H and O–H groups in total. The Bertz CT molecular complexity index is 489. The number of benzene rings is 1. The van der Waals surface area contributed by atoms with Crippen molar-refractivity contribution < 1.29 is 19.1 Å². The Labute approximate surface area is 124 Å². The number of methoxy groups -OCH3 is 1. The third kappa shape index (κ3) is 5.72. The average molecular weight is 294 g/mol. The van der Waals surface area contributed by atoms with Gasteiger partial charge in [0.05, 0.1) is 19.3 Å². The molecule has 0 saturated carbocycles. The number of nitrogens with two attached hydrogens (primary N) is 1. The molecule has 0 radical (unpaired) electrons. The number of carbonyl (C=O) groups is 2. The van der Waals surface area contributed by atoms with Gasteiger partial charge in [-0.1, -0.05) is 0 Å². The van der Waals surface area contributed by atoms with Crippen LogP contribution in [0.25, 0.3) is 0 Å². The first kappa shape index (κ1) is 16.8. The molecule has 0 fully saturated rings. The maximum atomic E-state index is 12.0. The Kier molecular flexibility index (Phi) is 7.08.